The van der Waals surface area contributed by atoms with E-state index in [0.717, 1.165) is 24.0 Å². The van der Waals surface area contributed by atoms with Crippen molar-refractivity contribution in [3.63, 3.8) is 0 Å². The lowest BCUT2D eigenvalue weighted by Gasteiger charge is -2.11. The molecule has 1 aromatic heterocycles. The molecule has 1 heteroatoms. The molecule has 0 spiro atoms. The Morgan fingerprint density at radius 3 is 2.31 bits per heavy atom. The highest BCUT2D eigenvalue weighted by Gasteiger charge is 2.20. The highest BCUT2D eigenvalue weighted by atomic mass is 15.0. The number of hydrogen-bond acceptors (Lipinski definition) is 0. The standard InChI is InChI=1S/C44H33N/c1-2-32(16-7-6-15-31-13-4-3-5-14-31)33-18-12-19-34(27-33)35-24-26-44-42(29-35)40-21-10-11-22-43(40)45(44)38-25-23-37-28-36-17-8-9-20-39(36)41(37)30-38/h2-14,16-27,29-30H,1,15,28H2/b7-6-,32-16+. The van der Waals surface area contributed by atoms with Gasteiger partial charge in [-0.2, -0.15) is 0 Å². The zero-order valence-corrected chi connectivity index (χ0v) is 25.2. The summed E-state index contributed by atoms with van der Waals surface area (Å²) in [6.07, 6.45) is 10.3. The molecular formula is C44H33N. The first-order valence-corrected chi connectivity index (χ1v) is 15.7. The van der Waals surface area contributed by atoms with Gasteiger partial charge >= 0.3 is 0 Å². The molecule has 0 saturated heterocycles. The summed E-state index contributed by atoms with van der Waals surface area (Å²) in [5, 5.41) is 2.53. The van der Waals surface area contributed by atoms with Gasteiger partial charge in [0.1, 0.15) is 0 Å². The highest BCUT2D eigenvalue weighted by Crippen LogP contribution is 2.40. The summed E-state index contributed by atoms with van der Waals surface area (Å²) in [5.74, 6) is 0. The minimum Gasteiger partial charge on any atom is -0.309 e. The fourth-order valence-corrected chi connectivity index (χ4v) is 6.83. The molecule has 0 amide bonds. The molecule has 214 valence electrons. The lowest BCUT2D eigenvalue weighted by Crippen LogP contribution is -1.95. The Labute approximate surface area is 264 Å². The smallest absolute Gasteiger partial charge is 0.0541 e. The average Bonchev–Trinajstić information content (AvgIpc) is 3.64. The first-order chi connectivity index (χ1) is 22.3. The first-order valence-electron chi connectivity index (χ1n) is 15.7. The minimum atomic E-state index is 0.911. The van der Waals surface area contributed by atoms with Crippen LogP contribution in [-0.4, -0.2) is 4.57 Å². The largest absolute Gasteiger partial charge is 0.309 e. The zero-order valence-electron chi connectivity index (χ0n) is 25.2. The number of hydrogen-bond donors (Lipinski definition) is 0. The third-order valence-corrected chi connectivity index (χ3v) is 9.07. The van der Waals surface area contributed by atoms with Crippen molar-refractivity contribution in [3.05, 3.63) is 193 Å². The van der Waals surface area contributed by atoms with Gasteiger partial charge in [-0.1, -0.05) is 134 Å². The van der Waals surface area contributed by atoms with Crippen molar-refractivity contribution in [3.8, 4) is 27.9 Å². The van der Waals surface area contributed by atoms with Crippen LogP contribution in [0.2, 0.25) is 0 Å². The minimum absolute atomic E-state index is 0.911. The number of allylic oxidation sites excluding steroid dienone is 5. The molecule has 8 rings (SSSR count). The molecule has 45 heavy (non-hydrogen) atoms. The SMILES string of the molecule is C=C/C(=C\C=C/Cc1ccccc1)c1cccc(-c2ccc3c(c2)c2ccccc2n3-c2ccc3c(c2)-c2ccccc2C3)c1. The van der Waals surface area contributed by atoms with Crippen LogP contribution in [0.4, 0.5) is 0 Å². The number of aromatic nitrogens is 1. The van der Waals surface area contributed by atoms with Crippen molar-refractivity contribution in [2.24, 2.45) is 0 Å². The molecule has 0 atom stereocenters. The second kappa shape index (κ2) is 11.4. The maximum Gasteiger partial charge on any atom is 0.0541 e. The van der Waals surface area contributed by atoms with Gasteiger partial charge in [-0.25, -0.2) is 0 Å². The summed E-state index contributed by atoms with van der Waals surface area (Å²) in [7, 11) is 0. The van der Waals surface area contributed by atoms with E-state index in [1.807, 2.05) is 6.08 Å². The van der Waals surface area contributed by atoms with Crippen molar-refractivity contribution in [2.75, 3.05) is 0 Å². The van der Waals surface area contributed by atoms with E-state index in [1.165, 1.54) is 66.4 Å². The maximum atomic E-state index is 4.11. The number of fused-ring (bicyclic) bond motifs is 6. The molecule has 6 aromatic carbocycles. The van der Waals surface area contributed by atoms with Crippen LogP contribution in [0.1, 0.15) is 22.3 Å². The quantitative estimate of drug-likeness (QED) is 0.167. The van der Waals surface area contributed by atoms with E-state index in [-0.39, 0.29) is 0 Å². The van der Waals surface area contributed by atoms with Crippen LogP contribution in [0.5, 0.6) is 0 Å². The normalized spacial score (nSPS) is 12.6. The monoisotopic (exact) mass is 575 g/mol. The second-order valence-electron chi connectivity index (χ2n) is 11.8. The summed E-state index contributed by atoms with van der Waals surface area (Å²) < 4.78 is 2.42. The third kappa shape index (κ3) is 4.93. The van der Waals surface area contributed by atoms with Gasteiger partial charge in [0, 0.05) is 16.5 Å². The van der Waals surface area contributed by atoms with Crippen molar-refractivity contribution in [1.29, 1.82) is 0 Å². The van der Waals surface area contributed by atoms with Crippen LogP contribution < -0.4 is 0 Å². The van der Waals surface area contributed by atoms with Crippen LogP contribution >= 0.6 is 0 Å². The Bertz CT molecular complexity index is 2280. The summed E-state index contributed by atoms with van der Waals surface area (Å²) in [6, 6.07) is 50.8. The zero-order chi connectivity index (χ0) is 30.2. The number of nitrogens with zero attached hydrogens (tertiary/aromatic N) is 1. The number of rotatable bonds is 7. The van der Waals surface area contributed by atoms with E-state index in [9.17, 15) is 0 Å². The van der Waals surface area contributed by atoms with Gasteiger partial charge < -0.3 is 4.57 Å². The summed E-state index contributed by atoms with van der Waals surface area (Å²) in [6.45, 7) is 4.11. The number of benzene rings is 6. The van der Waals surface area contributed by atoms with Gasteiger partial charge in [-0.15, -0.1) is 0 Å². The molecule has 0 N–H and O–H groups in total. The predicted molar refractivity (Wildman–Crippen MR) is 192 cm³/mol. The first kappa shape index (κ1) is 26.9. The number of para-hydroxylation sites is 1. The molecule has 0 bridgehead atoms. The predicted octanol–water partition coefficient (Wildman–Crippen LogP) is 11.4. The Morgan fingerprint density at radius 1 is 0.622 bits per heavy atom. The molecular weight excluding hydrogens is 542 g/mol. The van der Waals surface area contributed by atoms with Crippen LogP contribution in [0.25, 0.3) is 55.3 Å². The van der Waals surface area contributed by atoms with Crippen molar-refractivity contribution >= 4 is 27.4 Å². The van der Waals surface area contributed by atoms with E-state index in [1.54, 1.807) is 0 Å². The van der Waals surface area contributed by atoms with Crippen molar-refractivity contribution in [2.45, 2.75) is 12.8 Å². The lowest BCUT2D eigenvalue weighted by molar-refractivity contribution is 1.17. The molecule has 0 radical (unpaired) electrons. The van der Waals surface area contributed by atoms with E-state index < -0.39 is 0 Å². The lowest BCUT2D eigenvalue weighted by atomic mass is 9.97. The fraction of sp³-hybridized carbons (Fsp3) is 0.0455. The van der Waals surface area contributed by atoms with E-state index in [2.05, 4.69) is 169 Å². The average molecular weight is 576 g/mol. The van der Waals surface area contributed by atoms with Crippen molar-refractivity contribution < 1.29 is 0 Å². The topological polar surface area (TPSA) is 4.93 Å². The molecule has 0 unspecified atom stereocenters. The molecule has 0 aliphatic heterocycles. The Hall–Kier alpha value is -5.66. The van der Waals surface area contributed by atoms with Gasteiger partial charge in [-0.3, -0.25) is 0 Å². The van der Waals surface area contributed by atoms with Gasteiger partial charge in [-0.05, 0) is 99.3 Å². The Balaban J connectivity index is 1.17. The Kier molecular flexibility index (Phi) is 6.85. The highest BCUT2D eigenvalue weighted by molar-refractivity contribution is 6.10. The second-order valence-corrected chi connectivity index (χ2v) is 11.8. The van der Waals surface area contributed by atoms with Crippen molar-refractivity contribution in [1.82, 2.24) is 4.57 Å². The molecule has 1 aliphatic carbocycles. The fourth-order valence-electron chi connectivity index (χ4n) is 6.83. The van der Waals surface area contributed by atoms with Crippen LogP contribution in [-0.2, 0) is 12.8 Å². The van der Waals surface area contributed by atoms with E-state index in [4.69, 9.17) is 0 Å². The molecule has 0 saturated carbocycles. The molecule has 1 aliphatic rings. The molecule has 0 fully saturated rings. The van der Waals surface area contributed by atoms with E-state index in [0.29, 0.717) is 0 Å². The summed E-state index contributed by atoms with van der Waals surface area (Å²) in [4.78, 5) is 0. The molecule has 7 aromatic rings. The van der Waals surface area contributed by atoms with Crippen LogP contribution in [0.3, 0.4) is 0 Å². The molecule has 1 nitrogen and oxygen atoms in total. The van der Waals surface area contributed by atoms with Gasteiger partial charge in [0.05, 0.1) is 11.0 Å². The van der Waals surface area contributed by atoms with E-state index >= 15 is 0 Å². The maximum absolute atomic E-state index is 4.11. The van der Waals surface area contributed by atoms with Gasteiger partial charge in [0.15, 0.2) is 0 Å². The Morgan fingerprint density at radius 2 is 1.40 bits per heavy atom. The molecule has 1 heterocycles. The van der Waals surface area contributed by atoms with Crippen LogP contribution in [0, 0.1) is 0 Å². The summed E-state index contributed by atoms with van der Waals surface area (Å²) >= 11 is 0. The third-order valence-electron chi connectivity index (χ3n) is 9.07. The van der Waals surface area contributed by atoms with Crippen LogP contribution in [0.15, 0.2) is 170 Å². The summed E-state index contributed by atoms with van der Waals surface area (Å²) in [5.41, 5.74) is 15.2. The van der Waals surface area contributed by atoms with Gasteiger partial charge in [0.2, 0.25) is 0 Å². The van der Waals surface area contributed by atoms with Gasteiger partial charge in [0.25, 0.3) is 0 Å².